The zero-order valence-corrected chi connectivity index (χ0v) is 19.4. The molecule has 1 rings (SSSR count). The maximum absolute atomic E-state index is 3.64. The van der Waals surface area contributed by atoms with Crippen LogP contribution in [0.25, 0.3) is 0 Å². The Bertz CT molecular complexity index is 295. The molecule has 1 saturated heterocycles. The quantitative estimate of drug-likeness (QED) is 0.474. The highest BCUT2D eigenvalue weighted by atomic mass is 15.2. The van der Waals surface area contributed by atoms with Crippen LogP contribution < -0.4 is 16.0 Å². The van der Waals surface area contributed by atoms with E-state index in [2.05, 4.69) is 34.7 Å². The van der Waals surface area contributed by atoms with Gasteiger partial charge in [-0.3, -0.25) is 0 Å². The second-order valence-electron chi connectivity index (χ2n) is 8.67. The molecule has 28 heavy (non-hydrogen) atoms. The predicted molar refractivity (Wildman–Crippen MR) is 125 cm³/mol. The number of hydrogen-bond acceptors (Lipinski definition) is 4. The van der Waals surface area contributed by atoms with Crippen LogP contribution in [0, 0.1) is 0 Å². The minimum atomic E-state index is 0.790. The van der Waals surface area contributed by atoms with Crippen molar-refractivity contribution in [1.29, 1.82) is 0 Å². The van der Waals surface area contributed by atoms with E-state index in [0.29, 0.717) is 0 Å². The van der Waals surface area contributed by atoms with Gasteiger partial charge in [-0.25, -0.2) is 0 Å². The van der Waals surface area contributed by atoms with E-state index in [1.165, 1.54) is 110 Å². The number of rotatable bonds is 10. The summed E-state index contributed by atoms with van der Waals surface area (Å²) in [5, 5.41) is 10.8. The average Bonchev–Trinajstić information content (AvgIpc) is 2.71. The van der Waals surface area contributed by atoms with Crippen molar-refractivity contribution < 1.29 is 0 Å². The number of nitrogens with zero attached hydrogens (tertiary/aromatic N) is 1. The summed E-state index contributed by atoms with van der Waals surface area (Å²) in [6, 6.07) is 0.790. The monoisotopic (exact) mass is 396 g/mol. The smallest absolute Gasteiger partial charge is 0.00926 e. The summed E-state index contributed by atoms with van der Waals surface area (Å²) in [7, 11) is 0. The van der Waals surface area contributed by atoms with Crippen molar-refractivity contribution in [1.82, 2.24) is 20.9 Å². The molecule has 168 valence electrons. The molecule has 0 aromatic heterocycles. The fraction of sp³-hybridized carbons (Fsp3) is 1.00. The van der Waals surface area contributed by atoms with Gasteiger partial charge in [0.2, 0.25) is 0 Å². The van der Waals surface area contributed by atoms with E-state index in [1.54, 1.807) is 0 Å². The number of hydrogen-bond donors (Lipinski definition) is 3. The zero-order valence-electron chi connectivity index (χ0n) is 19.4. The fourth-order valence-corrected chi connectivity index (χ4v) is 4.32. The second kappa shape index (κ2) is 20.1. The summed E-state index contributed by atoms with van der Waals surface area (Å²) in [6.07, 6.45) is 17.7. The Morgan fingerprint density at radius 1 is 0.607 bits per heavy atom. The molecule has 0 radical (unpaired) electrons. The van der Waals surface area contributed by atoms with Crippen LogP contribution in [-0.2, 0) is 0 Å². The molecule has 1 atom stereocenters. The van der Waals surface area contributed by atoms with E-state index in [9.17, 15) is 0 Å². The van der Waals surface area contributed by atoms with Crippen molar-refractivity contribution in [2.24, 2.45) is 0 Å². The third-order valence-corrected chi connectivity index (χ3v) is 6.14. The van der Waals surface area contributed by atoms with E-state index < -0.39 is 0 Å². The minimum Gasteiger partial charge on any atom is -0.317 e. The van der Waals surface area contributed by atoms with Gasteiger partial charge in [-0.15, -0.1) is 0 Å². The molecule has 1 aliphatic rings. The van der Waals surface area contributed by atoms with Crippen LogP contribution in [0.1, 0.15) is 97.3 Å². The molecular formula is C24H52N4. The lowest BCUT2D eigenvalue weighted by Gasteiger charge is -2.31. The Hall–Kier alpha value is -0.160. The van der Waals surface area contributed by atoms with Crippen LogP contribution in [0.2, 0.25) is 0 Å². The van der Waals surface area contributed by atoms with Crippen molar-refractivity contribution >= 4 is 0 Å². The van der Waals surface area contributed by atoms with Crippen molar-refractivity contribution in [3.8, 4) is 0 Å². The van der Waals surface area contributed by atoms with Gasteiger partial charge in [0.1, 0.15) is 0 Å². The van der Waals surface area contributed by atoms with Gasteiger partial charge >= 0.3 is 0 Å². The van der Waals surface area contributed by atoms with Gasteiger partial charge in [-0.1, -0.05) is 58.8 Å². The molecule has 4 heteroatoms. The van der Waals surface area contributed by atoms with Crippen molar-refractivity contribution in [2.75, 3.05) is 52.4 Å². The molecule has 1 heterocycles. The third-order valence-electron chi connectivity index (χ3n) is 6.14. The van der Waals surface area contributed by atoms with E-state index in [0.717, 1.165) is 32.2 Å². The average molecular weight is 397 g/mol. The maximum Gasteiger partial charge on any atom is 0.00926 e. The van der Waals surface area contributed by atoms with Gasteiger partial charge in [0, 0.05) is 6.04 Å². The Labute approximate surface area is 177 Å². The largest absolute Gasteiger partial charge is 0.317 e. The molecular weight excluding hydrogens is 344 g/mol. The topological polar surface area (TPSA) is 39.3 Å². The van der Waals surface area contributed by atoms with Crippen molar-refractivity contribution in [3.05, 3.63) is 0 Å². The molecule has 0 aromatic rings. The molecule has 4 nitrogen and oxygen atoms in total. The first-order valence-corrected chi connectivity index (χ1v) is 12.7. The summed E-state index contributed by atoms with van der Waals surface area (Å²) in [6.45, 7) is 14.2. The summed E-state index contributed by atoms with van der Waals surface area (Å²) < 4.78 is 0. The van der Waals surface area contributed by atoms with Crippen LogP contribution in [0.3, 0.4) is 0 Å². The summed E-state index contributed by atoms with van der Waals surface area (Å²) in [5.74, 6) is 0. The molecule has 0 bridgehead atoms. The lowest BCUT2D eigenvalue weighted by atomic mass is 10.0. The van der Waals surface area contributed by atoms with Crippen molar-refractivity contribution in [2.45, 2.75) is 103 Å². The van der Waals surface area contributed by atoms with Crippen molar-refractivity contribution in [3.63, 3.8) is 0 Å². The molecule has 0 saturated carbocycles. The SMILES string of the molecule is CCCCCCCCCC(CC)N1CCCNCCCNCCCNCCC1. The normalized spacial score (nSPS) is 20.8. The molecule has 3 N–H and O–H groups in total. The summed E-state index contributed by atoms with van der Waals surface area (Å²) in [4.78, 5) is 2.81. The molecule has 0 aromatic carbocycles. The Kier molecular flexibility index (Phi) is 18.6. The highest BCUT2D eigenvalue weighted by Crippen LogP contribution is 2.16. The fourth-order valence-electron chi connectivity index (χ4n) is 4.32. The van der Waals surface area contributed by atoms with Gasteiger partial charge in [0.05, 0.1) is 0 Å². The van der Waals surface area contributed by atoms with E-state index in [1.807, 2.05) is 0 Å². The number of unbranched alkanes of at least 4 members (excludes halogenated alkanes) is 6. The van der Waals surface area contributed by atoms with Gasteiger partial charge in [0.25, 0.3) is 0 Å². The summed E-state index contributed by atoms with van der Waals surface area (Å²) in [5.41, 5.74) is 0. The first kappa shape index (κ1) is 25.9. The first-order chi connectivity index (χ1) is 13.9. The zero-order chi connectivity index (χ0) is 20.1. The highest BCUT2D eigenvalue weighted by Gasteiger charge is 2.16. The maximum atomic E-state index is 3.64. The molecule has 0 spiro atoms. The Balaban J connectivity index is 2.32. The van der Waals surface area contributed by atoms with E-state index >= 15 is 0 Å². The standard InChI is InChI=1S/C24H52N4/c1-3-5-6-7-8-9-10-15-24(4-2)28-22-13-20-26-18-11-16-25-17-12-19-27-21-14-23-28/h24-27H,3-23H2,1-2H3. The second-order valence-corrected chi connectivity index (χ2v) is 8.67. The highest BCUT2D eigenvalue weighted by molar-refractivity contribution is 4.72. The Morgan fingerprint density at radius 2 is 1.07 bits per heavy atom. The van der Waals surface area contributed by atoms with Gasteiger partial charge < -0.3 is 20.9 Å². The molecule has 0 amide bonds. The molecule has 0 aliphatic carbocycles. The lowest BCUT2D eigenvalue weighted by molar-refractivity contribution is 0.173. The Morgan fingerprint density at radius 3 is 1.57 bits per heavy atom. The van der Waals surface area contributed by atoms with E-state index in [-0.39, 0.29) is 0 Å². The molecule has 1 unspecified atom stereocenters. The van der Waals surface area contributed by atoms with Gasteiger partial charge in [0.15, 0.2) is 0 Å². The van der Waals surface area contributed by atoms with Crippen LogP contribution in [-0.4, -0.2) is 63.3 Å². The number of nitrogens with one attached hydrogen (secondary N) is 3. The summed E-state index contributed by atoms with van der Waals surface area (Å²) >= 11 is 0. The third kappa shape index (κ3) is 14.8. The first-order valence-electron chi connectivity index (χ1n) is 12.7. The van der Waals surface area contributed by atoms with E-state index in [4.69, 9.17) is 0 Å². The minimum absolute atomic E-state index is 0.790. The lowest BCUT2D eigenvalue weighted by Crippen LogP contribution is -2.39. The van der Waals surface area contributed by atoms with Crippen LogP contribution in [0.15, 0.2) is 0 Å². The predicted octanol–water partition coefficient (Wildman–Crippen LogP) is 4.55. The van der Waals surface area contributed by atoms with Crippen LogP contribution in [0.5, 0.6) is 0 Å². The van der Waals surface area contributed by atoms with Crippen LogP contribution in [0.4, 0.5) is 0 Å². The molecule has 1 fully saturated rings. The van der Waals surface area contributed by atoms with Crippen LogP contribution >= 0.6 is 0 Å². The van der Waals surface area contributed by atoms with Gasteiger partial charge in [-0.05, 0) is 90.9 Å². The van der Waals surface area contributed by atoms with Gasteiger partial charge in [-0.2, -0.15) is 0 Å². The molecule has 1 aliphatic heterocycles.